The Morgan fingerprint density at radius 2 is 1.62 bits per heavy atom. The van der Waals surface area contributed by atoms with Crippen LogP contribution in [-0.4, -0.2) is 21.6 Å². The van der Waals surface area contributed by atoms with Crippen LogP contribution < -0.4 is 11.5 Å². The average molecular weight is 298 g/mol. The predicted molar refractivity (Wildman–Crippen MR) is 65.6 cm³/mol. The SMILES string of the molecule is NC(=O)c1c(C(F)(F)F)nn(-c2ccccc2)c1C(N)=O. The summed E-state index contributed by atoms with van der Waals surface area (Å²) in [7, 11) is 0. The zero-order valence-electron chi connectivity index (χ0n) is 10.4. The molecule has 1 aromatic heterocycles. The molecule has 0 fully saturated rings. The van der Waals surface area contributed by atoms with Gasteiger partial charge in [-0.05, 0) is 12.1 Å². The molecule has 0 spiro atoms. The zero-order chi connectivity index (χ0) is 15.8. The molecule has 6 nitrogen and oxygen atoms in total. The first kappa shape index (κ1) is 14.6. The van der Waals surface area contributed by atoms with Crippen molar-refractivity contribution in [1.82, 2.24) is 9.78 Å². The van der Waals surface area contributed by atoms with Crippen molar-refractivity contribution in [2.75, 3.05) is 0 Å². The van der Waals surface area contributed by atoms with Crippen LogP contribution >= 0.6 is 0 Å². The number of alkyl halides is 3. The van der Waals surface area contributed by atoms with Crippen molar-refractivity contribution in [3.05, 3.63) is 47.3 Å². The molecule has 2 aromatic rings. The standard InChI is InChI=1S/C12H9F3N4O2/c13-12(14,15)9-7(10(16)20)8(11(17)21)19(18-9)6-4-2-1-3-5-6/h1-5H,(H2,16,20)(H2,17,21). The van der Waals surface area contributed by atoms with Gasteiger partial charge in [-0.2, -0.15) is 18.3 Å². The third-order valence-corrected chi connectivity index (χ3v) is 2.63. The van der Waals surface area contributed by atoms with E-state index in [2.05, 4.69) is 5.10 Å². The fraction of sp³-hybridized carbons (Fsp3) is 0.0833. The Morgan fingerprint density at radius 1 is 1.05 bits per heavy atom. The normalized spacial score (nSPS) is 11.4. The Balaban J connectivity index is 2.84. The summed E-state index contributed by atoms with van der Waals surface area (Å²) in [6.45, 7) is 0. The number of hydrogen-bond acceptors (Lipinski definition) is 3. The molecule has 0 aliphatic heterocycles. The molecule has 0 atom stereocenters. The van der Waals surface area contributed by atoms with Gasteiger partial charge in [-0.3, -0.25) is 9.59 Å². The molecule has 21 heavy (non-hydrogen) atoms. The Hall–Kier alpha value is -2.84. The summed E-state index contributed by atoms with van der Waals surface area (Å²) in [5.41, 5.74) is 6.86. The smallest absolute Gasteiger partial charge is 0.365 e. The van der Waals surface area contributed by atoms with Gasteiger partial charge in [0.15, 0.2) is 5.69 Å². The molecular weight excluding hydrogens is 289 g/mol. The van der Waals surface area contributed by atoms with Crippen LogP contribution in [0.15, 0.2) is 30.3 Å². The van der Waals surface area contributed by atoms with Gasteiger partial charge in [0.25, 0.3) is 11.8 Å². The maximum atomic E-state index is 12.9. The number of benzene rings is 1. The highest BCUT2D eigenvalue weighted by molar-refractivity contribution is 6.06. The fourth-order valence-corrected chi connectivity index (χ4v) is 1.83. The van der Waals surface area contributed by atoms with Gasteiger partial charge in [0.1, 0.15) is 11.3 Å². The summed E-state index contributed by atoms with van der Waals surface area (Å²) >= 11 is 0. The molecule has 1 heterocycles. The van der Waals surface area contributed by atoms with Gasteiger partial charge >= 0.3 is 6.18 Å². The summed E-state index contributed by atoms with van der Waals surface area (Å²) in [6, 6.07) is 7.49. The predicted octanol–water partition coefficient (Wildman–Crippen LogP) is 1.09. The minimum atomic E-state index is -4.95. The number of amides is 2. The molecule has 0 saturated carbocycles. The number of nitrogens with zero attached hydrogens (tertiary/aromatic N) is 2. The van der Waals surface area contributed by atoms with Crippen molar-refractivity contribution in [3.63, 3.8) is 0 Å². The van der Waals surface area contributed by atoms with Gasteiger partial charge in [0.2, 0.25) is 0 Å². The van der Waals surface area contributed by atoms with Gasteiger partial charge in [-0.25, -0.2) is 4.68 Å². The first-order valence-corrected chi connectivity index (χ1v) is 5.58. The summed E-state index contributed by atoms with van der Waals surface area (Å²) in [5.74, 6) is -2.67. The van der Waals surface area contributed by atoms with E-state index in [1.807, 2.05) is 0 Å². The second-order valence-corrected chi connectivity index (χ2v) is 4.05. The Morgan fingerprint density at radius 3 is 2.05 bits per heavy atom. The molecular formula is C12H9F3N4O2. The number of hydrogen-bond donors (Lipinski definition) is 2. The average Bonchev–Trinajstić information content (AvgIpc) is 2.80. The number of primary amides is 2. The van der Waals surface area contributed by atoms with Gasteiger partial charge in [-0.1, -0.05) is 18.2 Å². The number of para-hydroxylation sites is 1. The highest BCUT2D eigenvalue weighted by Crippen LogP contribution is 2.33. The van der Waals surface area contributed by atoms with E-state index in [-0.39, 0.29) is 5.69 Å². The lowest BCUT2D eigenvalue weighted by Gasteiger charge is -2.04. The first-order valence-electron chi connectivity index (χ1n) is 5.58. The minimum Gasteiger partial charge on any atom is -0.365 e. The van der Waals surface area contributed by atoms with Crippen molar-refractivity contribution in [3.8, 4) is 5.69 Å². The zero-order valence-corrected chi connectivity index (χ0v) is 10.4. The molecule has 9 heteroatoms. The lowest BCUT2D eigenvalue weighted by Crippen LogP contribution is -2.24. The second-order valence-electron chi connectivity index (χ2n) is 4.05. The fourth-order valence-electron chi connectivity index (χ4n) is 1.83. The first-order chi connectivity index (χ1) is 9.73. The molecule has 0 radical (unpaired) electrons. The Labute approximate surface area is 116 Å². The number of rotatable bonds is 3. The molecule has 1 aromatic carbocycles. The Kier molecular flexibility index (Phi) is 3.42. The third-order valence-electron chi connectivity index (χ3n) is 2.63. The van der Waals surface area contributed by atoms with E-state index in [9.17, 15) is 22.8 Å². The maximum Gasteiger partial charge on any atom is 0.436 e. The molecule has 110 valence electrons. The maximum absolute atomic E-state index is 12.9. The van der Waals surface area contributed by atoms with Crippen molar-refractivity contribution >= 4 is 11.8 Å². The van der Waals surface area contributed by atoms with Crippen LogP contribution in [0, 0.1) is 0 Å². The monoisotopic (exact) mass is 298 g/mol. The molecule has 0 bridgehead atoms. The molecule has 2 rings (SSSR count). The van der Waals surface area contributed by atoms with Crippen LogP contribution in [0.25, 0.3) is 5.69 Å². The van der Waals surface area contributed by atoms with Gasteiger partial charge in [0.05, 0.1) is 5.69 Å². The van der Waals surface area contributed by atoms with Crippen molar-refractivity contribution in [1.29, 1.82) is 0 Å². The lowest BCUT2D eigenvalue weighted by atomic mass is 10.1. The summed E-state index contributed by atoms with van der Waals surface area (Å²) in [5, 5.41) is 3.28. The van der Waals surface area contributed by atoms with Gasteiger partial charge < -0.3 is 11.5 Å². The van der Waals surface area contributed by atoms with E-state index in [1.54, 1.807) is 6.07 Å². The Bertz CT molecular complexity index is 707. The minimum absolute atomic E-state index is 0.143. The number of halogens is 3. The summed E-state index contributed by atoms with van der Waals surface area (Å²) in [6.07, 6.45) is -4.95. The number of carbonyl (C=O) groups excluding carboxylic acids is 2. The van der Waals surface area contributed by atoms with E-state index in [0.29, 0.717) is 4.68 Å². The highest BCUT2D eigenvalue weighted by atomic mass is 19.4. The molecule has 0 saturated heterocycles. The van der Waals surface area contributed by atoms with E-state index in [1.165, 1.54) is 24.3 Å². The molecule has 0 aliphatic rings. The summed E-state index contributed by atoms with van der Waals surface area (Å²) < 4.78 is 39.5. The quantitative estimate of drug-likeness (QED) is 0.886. The van der Waals surface area contributed by atoms with Crippen LogP contribution in [0.2, 0.25) is 0 Å². The van der Waals surface area contributed by atoms with E-state index in [4.69, 9.17) is 11.5 Å². The van der Waals surface area contributed by atoms with Crippen LogP contribution in [0.4, 0.5) is 13.2 Å². The topological polar surface area (TPSA) is 104 Å². The van der Waals surface area contributed by atoms with Crippen molar-refractivity contribution < 1.29 is 22.8 Å². The third kappa shape index (κ3) is 2.57. The highest BCUT2D eigenvalue weighted by Gasteiger charge is 2.42. The second kappa shape index (κ2) is 4.93. The molecule has 0 aliphatic carbocycles. The van der Waals surface area contributed by atoms with E-state index in [0.717, 1.165) is 0 Å². The molecule has 0 unspecified atom stereocenters. The number of carbonyl (C=O) groups is 2. The number of aromatic nitrogens is 2. The van der Waals surface area contributed by atoms with Crippen molar-refractivity contribution in [2.24, 2.45) is 11.5 Å². The largest absolute Gasteiger partial charge is 0.436 e. The van der Waals surface area contributed by atoms with Crippen LogP contribution in [-0.2, 0) is 6.18 Å². The van der Waals surface area contributed by atoms with E-state index < -0.39 is 34.9 Å². The van der Waals surface area contributed by atoms with Gasteiger partial charge in [0, 0.05) is 0 Å². The van der Waals surface area contributed by atoms with E-state index >= 15 is 0 Å². The van der Waals surface area contributed by atoms with Gasteiger partial charge in [-0.15, -0.1) is 0 Å². The molecule has 2 amide bonds. The van der Waals surface area contributed by atoms with Crippen LogP contribution in [0.3, 0.4) is 0 Å². The van der Waals surface area contributed by atoms with Crippen LogP contribution in [0.1, 0.15) is 26.5 Å². The van der Waals surface area contributed by atoms with Crippen molar-refractivity contribution in [2.45, 2.75) is 6.18 Å². The number of nitrogens with two attached hydrogens (primary N) is 2. The van der Waals surface area contributed by atoms with Crippen LogP contribution in [0.5, 0.6) is 0 Å². The molecule has 4 N–H and O–H groups in total. The summed E-state index contributed by atoms with van der Waals surface area (Å²) in [4.78, 5) is 22.7. The lowest BCUT2D eigenvalue weighted by molar-refractivity contribution is -0.141.